The third-order valence-electron chi connectivity index (χ3n) is 3.65. The van der Waals surface area contributed by atoms with Crippen LogP contribution in [-0.4, -0.2) is 80.8 Å². The molecule has 0 aliphatic carbocycles. The average molecular weight is 318 g/mol. The molecular formula is C14H26N2O6. The molecule has 1 atom stereocenters. The molecule has 1 fully saturated rings. The number of aliphatic hydroxyl groups is 2. The molecule has 0 aromatic carbocycles. The van der Waals surface area contributed by atoms with Crippen LogP contribution in [0.25, 0.3) is 0 Å². The van der Waals surface area contributed by atoms with Gasteiger partial charge in [0, 0.05) is 32.6 Å². The van der Waals surface area contributed by atoms with Crippen LogP contribution in [0.4, 0.5) is 9.59 Å². The van der Waals surface area contributed by atoms with Crippen LogP contribution < -0.4 is 0 Å². The topological polar surface area (TPSA) is 111 Å². The quantitative estimate of drug-likeness (QED) is 0.704. The minimum absolute atomic E-state index is 0.0695. The van der Waals surface area contributed by atoms with Crippen molar-refractivity contribution in [2.75, 3.05) is 26.2 Å². The van der Waals surface area contributed by atoms with Crippen molar-refractivity contribution in [3.8, 4) is 0 Å². The maximum atomic E-state index is 12.1. The molecule has 1 unspecified atom stereocenters. The lowest BCUT2D eigenvalue weighted by molar-refractivity contribution is -0.0972. The number of hydrogen-bond donors (Lipinski definition) is 3. The molecule has 1 heterocycles. The summed E-state index contributed by atoms with van der Waals surface area (Å²) in [4.78, 5) is 25.6. The van der Waals surface area contributed by atoms with Crippen molar-refractivity contribution in [1.29, 1.82) is 0 Å². The number of nitrogens with zero attached hydrogens (tertiary/aromatic N) is 2. The molecule has 0 bridgehead atoms. The van der Waals surface area contributed by atoms with Gasteiger partial charge in [-0.05, 0) is 27.7 Å². The minimum Gasteiger partial charge on any atom is -0.465 e. The lowest BCUT2D eigenvalue weighted by Gasteiger charge is -2.37. The summed E-state index contributed by atoms with van der Waals surface area (Å²) in [7, 11) is 0. The Kier molecular flexibility index (Phi) is 5.64. The number of hydrogen-bond acceptors (Lipinski definition) is 5. The van der Waals surface area contributed by atoms with Crippen LogP contribution in [0.1, 0.15) is 34.1 Å². The predicted molar refractivity (Wildman–Crippen MR) is 78.7 cm³/mol. The Bertz CT molecular complexity index is 410. The van der Waals surface area contributed by atoms with E-state index in [-0.39, 0.29) is 32.6 Å². The summed E-state index contributed by atoms with van der Waals surface area (Å²) < 4.78 is 5.34. The van der Waals surface area contributed by atoms with E-state index in [4.69, 9.17) is 9.84 Å². The zero-order valence-electron chi connectivity index (χ0n) is 13.6. The Morgan fingerprint density at radius 2 is 1.55 bits per heavy atom. The summed E-state index contributed by atoms with van der Waals surface area (Å²) in [5.41, 5.74) is -2.22. The van der Waals surface area contributed by atoms with Crippen molar-refractivity contribution < 1.29 is 29.6 Å². The molecule has 0 radical (unpaired) electrons. The average Bonchev–Trinajstić information content (AvgIpc) is 2.36. The molecule has 1 aliphatic rings. The second-order valence-electron chi connectivity index (χ2n) is 6.76. The van der Waals surface area contributed by atoms with E-state index in [9.17, 15) is 19.8 Å². The molecule has 0 saturated carbocycles. The van der Waals surface area contributed by atoms with Gasteiger partial charge in [-0.3, -0.25) is 0 Å². The van der Waals surface area contributed by atoms with Crippen LogP contribution in [0.3, 0.4) is 0 Å². The van der Waals surface area contributed by atoms with Crippen LogP contribution in [0.5, 0.6) is 0 Å². The van der Waals surface area contributed by atoms with Gasteiger partial charge in [0.2, 0.25) is 0 Å². The first-order valence-corrected chi connectivity index (χ1v) is 7.28. The molecular weight excluding hydrogens is 292 g/mol. The zero-order chi connectivity index (χ0) is 17.1. The Morgan fingerprint density at radius 1 is 1.09 bits per heavy atom. The fourth-order valence-corrected chi connectivity index (χ4v) is 2.16. The summed E-state index contributed by atoms with van der Waals surface area (Å²) >= 11 is 0. The summed E-state index contributed by atoms with van der Waals surface area (Å²) in [6, 6.07) is 0. The Labute approximate surface area is 130 Å². The van der Waals surface area contributed by atoms with Crippen molar-refractivity contribution >= 4 is 12.2 Å². The third kappa shape index (κ3) is 5.34. The van der Waals surface area contributed by atoms with Crippen LogP contribution in [0.15, 0.2) is 0 Å². The Morgan fingerprint density at radius 3 is 1.95 bits per heavy atom. The summed E-state index contributed by atoms with van der Waals surface area (Å²) in [6.45, 7) is 7.27. The molecule has 1 aliphatic heterocycles. The number of carbonyl (C=O) groups excluding carboxylic acids is 1. The zero-order valence-corrected chi connectivity index (χ0v) is 13.6. The Hall–Kier alpha value is -1.54. The van der Waals surface area contributed by atoms with E-state index in [1.807, 2.05) is 0 Å². The van der Waals surface area contributed by atoms with Gasteiger partial charge in [0.1, 0.15) is 5.60 Å². The van der Waals surface area contributed by atoms with Gasteiger partial charge in [0.05, 0.1) is 11.7 Å². The minimum atomic E-state index is -1.15. The van der Waals surface area contributed by atoms with Crippen molar-refractivity contribution in [3.05, 3.63) is 0 Å². The van der Waals surface area contributed by atoms with Gasteiger partial charge in [-0.1, -0.05) is 0 Å². The molecule has 3 N–H and O–H groups in total. The van der Waals surface area contributed by atoms with Crippen LogP contribution in [0.2, 0.25) is 0 Å². The van der Waals surface area contributed by atoms with E-state index in [1.54, 1.807) is 27.7 Å². The standard InChI is InChI=1S/C14H26N2O6/c1-13(2,21)9-10(17)14(3,4)22-12(20)16-7-5-15(6-8-16)11(18)19/h10,17,21H,5-9H2,1-4H3,(H,18,19). The maximum absolute atomic E-state index is 12.1. The van der Waals surface area contributed by atoms with Crippen molar-refractivity contribution in [3.63, 3.8) is 0 Å². The monoisotopic (exact) mass is 318 g/mol. The van der Waals surface area contributed by atoms with Gasteiger partial charge < -0.3 is 29.9 Å². The lowest BCUT2D eigenvalue weighted by atomic mass is 9.91. The number of rotatable bonds is 4. The summed E-state index contributed by atoms with van der Waals surface area (Å²) in [6.07, 6.45) is -2.55. The fraction of sp³-hybridized carbons (Fsp3) is 0.857. The van der Waals surface area contributed by atoms with Crippen molar-refractivity contribution in [1.82, 2.24) is 9.80 Å². The maximum Gasteiger partial charge on any atom is 0.410 e. The summed E-state index contributed by atoms with van der Waals surface area (Å²) in [5.74, 6) is 0. The molecule has 1 saturated heterocycles. The highest BCUT2D eigenvalue weighted by Gasteiger charge is 2.37. The molecule has 2 amide bonds. The summed E-state index contributed by atoms with van der Waals surface area (Å²) in [5, 5.41) is 28.7. The van der Waals surface area contributed by atoms with Gasteiger partial charge in [-0.25, -0.2) is 9.59 Å². The van der Waals surface area contributed by atoms with Gasteiger partial charge >= 0.3 is 12.2 Å². The SMILES string of the molecule is CC(C)(O)CC(O)C(C)(C)OC(=O)N1CCN(C(=O)O)CC1. The first kappa shape index (κ1) is 18.5. The predicted octanol–water partition coefficient (Wildman–Crippen LogP) is 0.719. The number of carbonyl (C=O) groups is 2. The van der Waals surface area contributed by atoms with Crippen LogP contribution in [0, 0.1) is 0 Å². The van der Waals surface area contributed by atoms with E-state index in [0.717, 1.165) is 0 Å². The largest absolute Gasteiger partial charge is 0.465 e. The molecule has 0 spiro atoms. The highest BCUT2D eigenvalue weighted by atomic mass is 16.6. The number of piperazine rings is 1. The molecule has 128 valence electrons. The van der Waals surface area contributed by atoms with Gasteiger partial charge in [0.15, 0.2) is 0 Å². The molecule has 8 nitrogen and oxygen atoms in total. The molecule has 22 heavy (non-hydrogen) atoms. The van der Waals surface area contributed by atoms with E-state index < -0.39 is 29.5 Å². The highest BCUT2D eigenvalue weighted by molar-refractivity contribution is 5.69. The molecule has 8 heteroatoms. The molecule has 0 aromatic rings. The number of aliphatic hydroxyl groups excluding tert-OH is 1. The normalized spacial score (nSPS) is 18.1. The van der Waals surface area contributed by atoms with Crippen LogP contribution >= 0.6 is 0 Å². The van der Waals surface area contributed by atoms with Gasteiger partial charge in [0.25, 0.3) is 0 Å². The number of ether oxygens (including phenoxy) is 1. The highest BCUT2D eigenvalue weighted by Crippen LogP contribution is 2.24. The van der Waals surface area contributed by atoms with E-state index in [2.05, 4.69) is 0 Å². The van der Waals surface area contributed by atoms with Gasteiger partial charge in [-0.15, -0.1) is 0 Å². The lowest BCUT2D eigenvalue weighted by Crippen LogP contribution is -2.53. The number of carboxylic acid groups (broad SMARTS) is 1. The third-order valence-corrected chi connectivity index (χ3v) is 3.65. The van der Waals surface area contributed by atoms with Crippen LogP contribution in [-0.2, 0) is 4.74 Å². The second kappa shape index (κ2) is 6.70. The molecule has 1 rings (SSSR count). The molecule has 0 aromatic heterocycles. The first-order chi connectivity index (χ1) is 9.92. The van der Waals surface area contributed by atoms with Crippen molar-refractivity contribution in [2.24, 2.45) is 0 Å². The fourth-order valence-electron chi connectivity index (χ4n) is 2.16. The van der Waals surface area contributed by atoms with Gasteiger partial charge in [-0.2, -0.15) is 0 Å². The Balaban J connectivity index is 2.55. The van der Waals surface area contributed by atoms with Crippen molar-refractivity contribution in [2.45, 2.75) is 51.4 Å². The number of amides is 2. The second-order valence-corrected chi connectivity index (χ2v) is 6.76. The van der Waals surface area contributed by atoms with E-state index in [1.165, 1.54) is 9.80 Å². The van der Waals surface area contributed by atoms with E-state index >= 15 is 0 Å². The van der Waals surface area contributed by atoms with E-state index in [0.29, 0.717) is 0 Å². The first-order valence-electron chi connectivity index (χ1n) is 7.28. The smallest absolute Gasteiger partial charge is 0.410 e.